The van der Waals surface area contributed by atoms with E-state index >= 15 is 0 Å². The van der Waals surface area contributed by atoms with Crippen molar-refractivity contribution in [2.75, 3.05) is 20.1 Å². The molecule has 1 N–H and O–H groups in total. The molecule has 1 aliphatic heterocycles. The van der Waals surface area contributed by atoms with E-state index in [-0.39, 0.29) is 0 Å². The average molecular weight is 222 g/mol. The first-order valence-corrected chi connectivity index (χ1v) is 6.76. The Balaban J connectivity index is 1.50. The van der Waals surface area contributed by atoms with Crippen LogP contribution in [0.1, 0.15) is 32.1 Å². The monoisotopic (exact) mass is 222 g/mol. The van der Waals surface area contributed by atoms with Crippen molar-refractivity contribution in [3.63, 3.8) is 0 Å². The normalized spacial score (nSPS) is 40.8. The zero-order valence-corrected chi connectivity index (χ0v) is 10.1. The zero-order chi connectivity index (χ0) is 11.1. The van der Waals surface area contributed by atoms with Crippen LogP contribution in [-0.2, 0) is 4.79 Å². The van der Waals surface area contributed by atoms with Gasteiger partial charge in [-0.15, -0.1) is 0 Å². The van der Waals surface area contributed by atoms with Crippen LogP contribution in [-0.4, -0.2) is 37.0 Å². The molecule has 2 aliphatic carbocycles. The molecule has 0 aromatic heterocycles. The molecule has 0 radical (unpaired) electrons. The van der Waals surface area contributed by atoms with Gasteiger partial charge < -0.3 is 10.2 Å². The molecule has 0 bridgehead atoms. The predicted molar refractivity (Wildman–Crippen MR) is 63.0 cm³/mol. The van der Waals surface area contributed by atoms with Crippen molar-refractivity contribution in [1.29, 1.82) is 0 Å². The lowest BCUT2D eigenvalue weighted by atomic mass is 10.1. The van der Waals surface area contributed by atoms with Gasteiger partial charge in [0.1, 0.15) is 0 Å². The number of nitrogens with zero attached hydrogens (tertiary/aromatic N) is 1. The fraction of sp³-hybridized carbons (Fsp3) is 0.923. The summed E-state index contributed by atoms with van der Waals surface area (Å²) in [4.78, 5) is 14.2. The van der Waals surface area contributed by atoms with Crippen LogP contribution in [0.5, 0.6) is 0 Å². The molecule has 3 unspecified atom stereocenters. The Hall–Kier alpha value is -0.570. The highest BCUT2D eigenvalue weighted by Crippen LogP contribution is 2.58. The SMILES string of the molecule is CN(CC1CCCN1)C(=O)C1C2CCCC21. The maximum Gasteiger partial charge on any atom is 0.226 e. The maximum atomic E-state index is 12.2. The summed E-state index contributed by atoms with van der Waals surface area (Å²) in [5, 5.41) is 3.46. The number of hydrogen-bond donors (Lipinski definition) is 1. The fourth-order valence-electron chi connectivity index (χ4n) is 3.78. The molecule has 3 aliphatic rings. The van der Waals surface area contributed by atoms with E-state index in [1.807, 2.05) is 11.9 Å². The Morgan fingerprint density at radius 3 is 2.62 bits per heavy atom. The van der Waals surface area contributed by atoms with Crippen molar-refractivity contribution >= 4 is 5.91 Å². The summed E-state index contributed by atoms with van der Waals surface area (Å²) >= 11 is 0. The molecule has 2 saturated carbocycles. The van der Waals surface area contributed by atoms with Crippen molar-refractivity contribution in [2.45, 2.75) is 38.1 Å². The number of fused-ring (bicyclic) bond motifs is 1. The second-order valence-electron chi connectivity index (χ2n) is 5.80. The Bertz CT molecular complexity index is 276. The molecule has 90 valence electrons. The van der Waals surface area contributed by atoms with Crippen molar-refractivity contribution in [3.05, 3.63) is 0 Å². The van der Waals surface area contributed by atoms with Crippen LogP contribution in [0.25, 0.3) is 0 Å². The van der Waals surface area contributed by atoms with Crippen molar-refractivity contribution in [3.8, 4) is 0 Å². The first-order chi connectivity index (χ1) is 7.77. The summed E-state index contributed by atoms with van der Waals surface area (Å²) in [6.07, 6.45) is 6.46. The number of likely N-dealkylation sites (N-methyl/N-ethyl adjacent to an activating group) is 1. The molecule has 3 atom stereocenters. The lowest BCUT2D eigenvalue weighted by Crippen LogP contribution is -2.39. The van der Waals surface area contributed by atoms with Crippen molar-refractivity contribution in [2.24, 2.45) is 17.8 Å². The number of amides is 1. The standard InChI is InChI=1S/C13H22N2O/c1-15(8-9-4-3-7-14-9)13(16)12-10-5-2-6-11(10)12/h9-12,14H,2-8H2,1H3. The molecule has 3 rings (SSSR count). The molecule has 1 amide bonds. The van der Waals surface area contributed by atoms with Crippen LogP contribution in [0.15, 0.2) is 0 Å². The van der Waals surface area contributed by atoms with E-state index in [9.17, 15) is 4.79 Å². The van der Waals surface area contributed by atoms with Crippen LogP contribution in [0.4, 0.5) is 0 Å². The molecule has 3 fully saturated rings. The number of hydrogen-bond acceptors (Lipinski definition) is 2. The van der Waals surface area contributed by atoms with Crippen molar-refractivity contribution < 1.29 is 4.79 Å². The fourth-order valence-corrected chi connectivity index (χ4v) is 3.78. The van der Waals surface area contributed by atoms with Gasteiger partial charge in [0.05, 0.1) is 0 Å². The van der Waals surface area contributed by atoms with E-state index in [1.54, 1.807) is 0 Å². The first kappa shape index (κ1) is 10.6. The van der Waals surface area contributed by atoms with Gasteiger partial charge in [-0.3, -0.25) is 4.79 Å². The van der Waals surface area contributed by atoms with Gasteiger partial charge >= 0.3 is 0 Å². The minimum absolute atomic E-state index is 0.403. The van der Waals surface area contributed by atoms with E-state index in [4.69, 9.17) is 0 Å². The molecule has 0 spiro atoms. The largest absolute Gasteiger partial charge is 0.344 e. The summed E-state index contributed by atoms with van der Waals surface area (Å²) in [6.45, 7) is 2.04. The van der Waals surface area contributed by atoms with E-state index in [0.29, 0.717) is 17.9 Å². The zero-order valence-electron chi connectivity index (χ0n) is 10.1. The van der Waals surface area contributed by atoms with Gasteiger partial charge in [-0.05, 0) is 44.1 Å². The Morgan fingerprint density at radius 2 is 2.00 bits per heavy atom. The third kappa shape index (κ3) is 1.75. The van der Waals surface area contributed by atoms with E-state index in [0.717, 1.165) is 24.9 Å². The smallest absolute Gasteiger partial charge is 0.226 e. The molecule has 3 nitrogen and oxygen atoms in total. The summed E-state index contributed by atoms with van der Waals surface area (Å²) in [5.41, 5.74) is 0. The van der Waals surface area contributed by atoms with E-state index < -0.39 is 0 Å². The quantitative estimate of drug-likeness (QED) is 0.779. The molecule has 0 aromatic carbocycles. The molecular formula is C13H22N2O. The highest BCUT2D eigenvalue weighted by Gasteiger charge is 2.57. The highest BCUT2D eigenvalue weighted by molar-refractivity contribution is 5.82. The van der Waals surface area contributed by atoms with Gasteiger partial charge in [0.15, 0.2) is 0 Å². The topological polar surface area (TPSA) is 32.3 Å². The van der Waals surface area contributed by atoms with Gasteiger partial charge in [-0.2, -0.15) is 0 Å². The summed E-state index contributed by atoms with van der Waals surface area (Å²) in [6, 6.07) is 0.549. The third-order valence-electron chi connectivity index (χ3n) is 4.72. The Morgan fingerprint density at radius 1 is 1.25 bits per heavy atom. The minimum Gasteiger partial charge on any atom is -0.344 e. The molecule has 3 heteroatoms. The third-order valence-corrected chi connectivity index (χ3v) is 4.72. The van der Waals surface area contributed by atoms with Gasteiger partial charge in [-0.1, -0.05) is 6.42 Å². The van der Waals surface area contributed by atoms with Crippen LogP contribution >= 0.6 is 0 Å². The number of carbonyl (C=O) groups excluding carboxylic acids is 1. The first-order valence-electron chi connectivity index (χ1n) is 6.76. The predicted octanol–water partition coefficient (Wildman–Crippen LogP) is 1.24. The number of nitrogens with one attached hydrogen (secondary N) is 1. The number of carbonyl (C=O) groups is 1. The lowest BCUT2D eigenvalue weighted by molar-refractivity contribution is -0.132. The van der Waals surface area contributed by atoms with E-state index in [2.05, 4.69) is 5.32 Å². The molecule has 1 saturated heterocycles. The Kier molecular flexibility index (Phi) is 2.66. The van der Waals surface area contributed by atoms with Crippen LogP contribution in [0.2, 0.25) is 0 Å². The second-order valence-corrected chi connectivity index (χ2v) is 5.80. The van der Waals surface area contributed by atoms with Crippen LogP contribution in [0.3, 0.4) is 0 Å². The van der Waals surface area contributed by atoms with Gasteiger partial charge in [-0.25, -0.2) is 0 Å². The van der Waals surface area contributed by atoms with Gasteiger partial charge in [0, 0.05) is 25.6 Å². The Labute approximate surface area is 97.6 Å². The second kappa shape index (κ2) is 4.02. The summed E-state index contributed by atoms with van der Waals surface area (Å²) < 4.78 is 0. The molecule has 1 heterocycles. The van der Waals surface area contributed by atoms with Gasteiger partial charge in [0.25, 0.3) is 0 Å². The van der Waals surface area contributed by atoms with E-state index in [1.165, 1.54) is 32.1 Å². The molecule has 0 aromatic rings. The summed E-state index contributed by atoms with van der Waals surface area (Å²) in [5.74, 6) is 2.33. The molecule has 16 heavy (non-hydrogen) atoms. The average Bonchev–Trinajstić information content (AvgIpc) is 2.75. The van der Waals surface area contributed by atoms with Crippen molar-refractivity contribution in [1.82, 2.24) is 10.2 Å². The van der Waals surface area contributed by atoms with Crippen LogP contribution in [0, 0.1) is 17.8 Å². The van der Waals surface area contributed by atoms with Crippen LogP contribution < -0.4 is 5.32 Å². The van der Waals surface area contributed by atoms with Gasteiger partial charge in [0.2, 0.25) is 5.91 Å². The highest BCUT2D eigenvalue weighted by atomic mass is 16.2. The lowest BCUT2D eigenvalue weighted by Gasteiger charge is -2.22. The number of rotatable bonds is 3. The molecular weight excluding hydrogens is 200 g/mol. The minimum atomic E-state index is 0.403. The summed E-state index contributed by atoms with van der Waals surface area (Å²) in [7, 11) is 1.98. The maximum absolute atomic E-state index is 12.2.